The number of aliphatic hydroxyl groups excluding tert-OH is 1. The summed E-state index contributed by atoms with van der Waals surface area (Å²) in [5.41, 5.74) is 4.00. The second-order valence-electron chi connectivity index (χ2n) is 11.4. The van der Waals surface area contributed by atoms with Gasteiger partial charge >= 0.3 is 0 Å². The Hall–Kier alpha value is -3.45. The number of hydrogen-bond acceptors (Lipinski definition) is 5. The van der Waals surface area contributed by atoms with Crippen LogP contribution in [0.5, 0.6) is 11.6 Å². The lowest BCUT2D eigenvalue weighted by Gasteiger charge is -2.40. The summed E-state index contributed by atoms with van der Waals surface area (Å²) < 4.78 is 41.2. The second kappa shape index (κ2) is 9.09. The highest BCUT2D eigenvalue weighted by Crippen LogP contribution is 2.63. The number of aliphatic hydroxyl groups is 2. The highest BCUT2D eigenvalue weighted by atomic mass is 19.1. The lowest BCUT2D eigenvalue weighted by Crippen LogP contribution is -2.43. The van der Waals surface area contributed by atoms with E-state index in [1.165, 1.54) is 12.1 Å². The minimum absolute atomic E-state index is 0.0112. The molecule has 3 aliphatic carbocycles. The van der Waals surface area contributed by atoms with E-state index in [-0.39, 0.29) is 35.9 Å². The summed E-state index contributed by atoms with van der Waals surface area (Å²) in [5, 5.41) is 19.6. The Morgan fingerprint density at radius 3 is 2.63 bits per heavy atom. The number of halogens is 2. The molecule has 3 aliphatic rings. The molecule has 38 heavy (non-hydrogen) atoms. The van der Waals surface area contributed by atoms with Crippen LogP contribution in [0.3, 0.4) is 0 Å². The van der Waals surface area contributed by atoms with Crippen LogP contribution in [0.25, 0.3) is 11.1 Å². The lowest BCUT2D eigenvalue weighted by molar-refractivity contribution is -0.0693. The van der Waals surface area contributed by atoms with E-state index in [1.54, 1.807) is 38.2 Å². The summed E-state index contributed by atoms with van der Waals surface area (Å²) >= 11 is 0. The number of pyridine rings is 1. The van der Waals surface area contributed by atoms with Crippen molar-refractivity contribution in [3.8, 4) is 22.8 Å². The molecule has 0 bridgehead atoms. The van der Waals surface area contributed by atoms with Crippen molar-refractivity contribution in [1.29, 1.82) is 0 Å². The maximum atomic E-state index is 14.8. The van der Waals surface area contributed by atoms with Gasteiger partial charge in [-0.2, -0.15) is 0 Å². The van der Waals surface area contributed by atoms with Crippen molar-refractivity contribution in [1.82, 2.24) is 4.98 Å². The first kappa shape index (κ1) is 24.9. The highest BCUT2D eigenvalue weighted by molar-refractivity contribution is 5.69. The van der Waals surface area contributed by atoms with E-state index in [1.807, 2.05) is 6.07 Å². The monoisotopic (exact) mass is 519 g/mol. The van der Waals surface area contributed by atoms with Crippen molar-refractivity contribution in [3.05, 3.63) is 88.8 Å². The molecular weight excluding hydrogens is 488 g/mol. The summed E-state index contributed by atoms with van der Waals surface area (Å²) in [5.74, 6) is 0.956. The molecule has 1 heterocycles. The van der Waals surface area contributed by atoms with Crippen LogP contribution in [0.15, 0.2) is 54.9 Å². The minimum Gasteiger partial charge on any atom is -0.513 e. The van der Waals surface area contributed by atoms with Crippen molar-refractivity contribution < 1.29 is 28.5 Å². The third-order valence-corrected chi connectivity index (χ3v) is 8.31. The molecule has 0 radical (unpaired) electrons. The van der Waals surface area contributed by atoms with Gasteiger partial charge in [0.25, 0.3) is 0 Å². The molecule has 0 unspecified atom stereocenters. The number of rotatable bonds is 8. The predicted molar refractivity (Wildman–Crippen MR) is 139 cm³/mol. The Morgan fingerprint density at radius 2 is 1.92 bits per heavy atom. The minimum atomic E-state index is -0.644. The average Bonchev–Trinajstić information content (AvgIpc) is 3.44. The second-order valence-corrected chi connectivity index (χ2v) is 11.4. The van der Waals surface area contributed by atoms with Gasteiger partial charge in [-0.3, -0.25) is 0 Å². The van der Waals surface area contributed by atoms with Crippen molar-refractivity contribution in [2.24, 2.45) is 17.8 Å². The van der Waals surface area contributed by atoms with Crippen molar-refractivity contribution in [2.75, 3.05) is 6.61 Å². The number of hydrogen-bond donors (Lipinski definition) is 2. The third kappa shape index (κ3) is 4.53. The molecule has 0 aliphatic heterocycles. The van der Waals surface area contributed by atoms with E-state index >= 15 is 0 Å². The van der Waals surface area contributed by atoms with Crippen molar-refractivity contribution >= 4 is 0 Å². The molecule has 0 amide bonds. The number of nitrogens with zero attached hydrogens (tertiary/aromatic N) is 1. The van der Waals surface area contributed by atoms with Crippen LogP contribution in [0, 0.1) is 36.3 Å². The Morgan fingerprint density at radius 1 is 1.13 bits per heavy atom. The largest absolute Gasteiger partial charge is 0.513 e. The van der Waals surface area contributed by atoms with Crippen LogP contribution in [0.2, 0.25) is 0 Å². The van der Waals surface area contributed by atoms with Gasteiger partial charge in [-0.05, 0) is 103 Å². The van der Waals surface area contributed by atoms with E-state index in [0.717, 1.165) is 17.5 Å². The molecule has 198 valence electrons. The first-order valence-corrected chi connectivity index (χ1v) is 13.0. The number of fused-ring (bicyclic) bond motifs is 3. The summed E-state index contributed by atoms with van der Waals surface area (Å²) in [6, 6.07) is 9.78. The Balaban J connectivity index is 1.14. The number of benzene rings is 2. The molecular formula is C31H31F2NO4. The van der Waals surface area contributed by atoms with E-state index in [0.29, 0.717) is 53.5 Å². The molecule has 0 spiro atoms. The van der Waals surface area contributed by atoms with Gasteiger partial charge in [-0.15, -0.1) is 0 Å². The Bertz CT molecular complexity index is 1430. The maximum absolute atomic E-state index is 14.8. The molecule has 3 aromatic rings. The first-order chi connectivity index (χ1) is 18.1. The van der Waals surface area contributed by atoms with Crippen LogP contribution in [-0.2, 0) is 13.0 Å². The van der Waals surface area contributed by atoms with Crippen LogP contribution < -0.4 is 9.47 Å². The van der Waals surface area contributed by atoms with E-state index in [4.69, 9.17) is 9.47 Å². The summed E-state index contributed by atoms with van der Waals surface area (Å²) in [4.78, 5) is 4.40. The average molecular weight is 520 g/mol. The van der Waals surface area contributed by atoms with Gasteiger partial charge in [0.2, 0.25) is 5.88 Å². The van der Waals surface area contributed by atoms with E-state index < -0.39 is 17.2 Å². The lowest BCUT2D eigenvalue weighted by atomic mass is 9.73. The zero-order chi connectivity index (χ0) is 26.8. The smallest absolute Gasteiger partial charge is 0.213 e. The molecule has 5 nitrogen and oxygen atoms in total. The molecule has 3 atom stereocenters. The molecule has 6 rings (SSSR count). The van der Waals surface area contributed by atoms with Gasteiger partial charge < -0.3 is 19.7 Å². The van der Waals surface area contributed by atoms with Gasteiger partial charge in [-0.25, -0.2) is 13.8 Å². The summed E-state index contributed by atoms with van der Waals surface area (Å²) in [6.07, 6.45) is 3.93. The molecule has 7 heteroatoms. The third-order valence-electron chi connectivity index (χ3n) is 8.31. The number of ether oxygens (including phenoxy) is 2. The SMILES string of the molecule is C=C(O)[C@H]1[C@@H]2Cc3cc(OCc4cc(-c5ccc(OC[C@H]6C[C@@](C)(O)C6)c(F)c5)c(C)cc4F)ncc3[C@@H]21. The Labute approximate surface area is 220 Å². The quantitative estimate of drug-likeness (QED) is 0.337. The molecule has 2 aromatic carbocycles. The van der Waals surface area contributed by atoms with Gasteiger partial charge in [0.15, 0.2) is 11.6 Å². The molecule has 2 saturated carbocycles. The summed E-state index contributed by atoms with van der Waals surface area (Å²) in [6.45, 7) is 7.60. The van der Waals surface area contributed by atoms with Gasteiger partial charge in [-0.1, -0.05) is 12.6 Å². The predicted octanol–water partition coefficient (Wildman–Crippen LogP) is 6.41. The van der Waals surface area contributed by atoms with Gasteiger partial charge in [0.05, 0.1) is 18.0 Å². The first-order valence-electron chi connectivity index (χ1n) is 13.0. The fraction of sp³-hybridized carbons (Fsp3) is 0.387. The fourth-order valence-electron chi connectivity index (χ4n) is 6.39. The number of allylic oxidation sites excluding steroid dienone is 1. The molecule has 2 fully saturated rings. The topological polar surface area (TPSA) is 71.8 Å². The zero-order valence-corrected chi connectivity index (χ0v) is 21.5. The Kier molecular flexibility index (Phi) is 5.94. The van der Waals surface area contributed by atoms with Crippen LogP contribution in [0.1, 0.15) is 47.9 Å². The fourth-order valence-corrected chi connectivity index (χ4v) is 6.39. The van der Waals surface area contributed by atoms with E-state index in [9.17, 15) is 19.0 Å². The number of aromatic nitrogens is 1. The highest BCUT2D eigenvalue weighted by Gasteiger charge is 2.57. The summed E-state index contributed by atoms with van der Waals surface area (Å²) in [7, 11) is 0. The number of aryl methyl sites for hydroxylation is 1. The van der Waals surface area contributed by atoms with Crippen LogP contribution in [0.4, 0.5) is 8.78 Å². The zero-order valence-electron chi connectivity index (χ0n) is 21.5. The molecule has 0 saturated heterocycles. The van der Waals surface area contributed by atoms with E-state index in [2.05, 4.69) is 11.6 Å². The molecule has 2 N–H and O–H groups in total. The standard InChI is InChI=1S/C31H31F2NO4/c1-16-6-25(32)21(15-38-28-10-20-7-23-29(17(2)35)30(23)24(20)13-34-28)8-22(16)19-4-5-27(26(33)9-19)37-14-18-11-31(3,36)12-18/h4-6,8-10,13,18,23,29-30,35-36H,2,7,11-12,14-15H2,1,3H3/t18-,23-,29-,30+,31+/m0/s1. The molecule has 1 aromatic heterocycles. The van der Waals surface area contributed by atoms with Crippen LogP contribution in [-0.4, -0.2) is 27.4 Å². The van der Waals surface area contributed by atoms with Crippen molar-refractivity contribution in [2.45, 2.75) is 51.2 Å². The van der Waals surface area contributed by atoms with Crippen LogP contribution >= 0.6 is 0 Å². The maximum Gasteiger partial charge on any atom is 0.213 e. The normalized spacial score (nSPS) is 26.8. The van der Waals surface area contributed by atoms with Gasteiger partial charge in [0, 0.05) is 23.7 Å². The van der Waals surface area contributed by atoms with Crippen molar-refractivity contribution in [3.63, 3.8) is 0 Å². The van der Waals surface area contributed by atoms with Gasteiger partial charge in [0.1, 0.15) is 12.4 Å².